The number of nitrogens with zero attached hydrogens (tertiary/aromatic N) is 6. The van der Waals surface area contributed by atoms with Gasteiger partial charge in [-0.1, -0.05) is 0 Å². The minimum Gasteiger partial charge on any atom is -0.478 e. The van der Waals surface area contributed by atoms with E-state index in [-0.39, 0.29) is 22.9 Å². The fourth-order valence-corrected chi connectivity index (χ4v) is 2.85. The second-order valence-corrected chi connectivity index (χ2v) is 6.62. The molecule has 1 amide bonds. The highest BCUT2D eigenvalue weighted by Gasteiger charge is 2.37. The van der Waals surface area contributed by atoms with Crippen molar-refractivity contribution in [1.82, 2.24) is 29.9 Å². The molecule has 0 radical (unpaired) electrons. The van der Waals surface area contributed by atoms with Crippen LogP contribution in [0.1, 0.15) is 23.0 Å². The molecule has 33 heavy (non-hydrogen) atoms. The SMILES string of the molecule is CCOc1ccc(C(=O)Nc2ccc(-n3nc(-c4cccnc4)cc3C(F)(F)F)nn2)cn1. The Kier molecular flexibility index (Phi) is 5.98. The molecule has 4 aromatic heterocycles. The molecule has 12 heteroatoms. The van der Waals surface area contributed by atoms with Gasteiger partial charge in [-0.3, -0.25) is 9.78 Å². The molecule has 0 fully saturated rings. The molecular weight excluding hydrogens is 439 g/mol. The lowest BCUT2D eigenvalue weighted by atomic mass is 10.2. The number of carbonyl (C=O) groups is 1. The molecule has 0 aliphatic carbocycles. The Labute approximate surface area is 185 Å². The Morgan fingerprint density at radius 1 is 1.12 bits per heavy atom. The van der Waals surface area contributed by atoms with Crippen molar-refractivity contribution >= 4 is 11.7 Å². The third-order valence-electron chi connectivity index (χ3n) is 4.36. The number of carbonyl (C=O) groups excluding carboxylic acids is 1. The molecule has 4 rings (SSSR count). The van der Waals surface area contributed by atoms with Gasteiger partial charge in [0.15, 0.2) is 17.3 Å². The normalized spacial score (nSPS) is 11.3. The van der Waals surface area contributed by atoms with Crippen LogP contribution in [-0.4, -0.2) is 42.5 Å². The summed E-state index contributed by atoms with van der Waals surface area (Å²) in [5, 5.41) is 14.1. The Balaban J connectivity index is 1.56. The van der Waals surface area contributed by atoms with Crippen LogP contribution in [0.2, 0.25) is 0 Å². The van der Waals surface area contributed by atoms with Crippen molar-refractivity contribution in [3.63, 3.8) is 0 Å². The standard InChI is InChI=1S/C21H16F3N7O2/c1-2-33-19-8-5-14(12-26-19)20(32)27-17-6-7-18(29-28-17)31-16(21(22,23)24)10-15(30-31)13-4-3-9-25-11-13/h3-12H,2H2,1H3,(H,27,28,32). The summed E-state index contributed by atoms with van der Waals surface area (Å²) >= 11 is 0. The van der Waals surface area contributed by atoms with Crippen molar-refractivity contribution in [2.24, 2.45) is 0 Å². The van der Waals surface area contributed by atoms with E-state index in [9.17, 15) is 18.0 Å². The van der Waals surface area contributed by atoms with Crippen LogP contribution in [0.25, 0.3) is 17.1 Å². The van der Waals surface area contributed by atoms with Gasteiger partial charge in [0, 0.05) is 30.2 Å². The number of pyridine rings is 2. The van der Waals surface area contributed by atoms with Crippen LogP contribution < -0.4 is 10.1 Å². The third kappa shape index (κ3) is 4.95. The zero-order valence-electron chi connectivity index (χ0n) is 17.1. The van der Waals surface area contributed by atoms with E-state index in [1.165, 1.54) is 36.8 Å². The second kappa shape index (κ2) is 9.02. The average molecular weight is 455 g/mol. The van der Waals surface area contributed by atoms with Crippen LogP contribution in [0.15, 0.2) is 61.1 Å². The maximum absolute atomic E-state index is 13.6. The van der Waals surface area contributed by atoms with Crippen molar-refractivity contribution in [3.05, 3.63) is 72.3 Å². The fraction of sp³-hybridized carbons (Fsp3) is 0.143. The van der Waals surface area contributed by atoms with Crippen LogP contribution in [0, 0.1) is 0 Å². The highest BCUT2D eigenvalue weighted by molar-refractivity contribution is 6.03. The first-order valence-electron chi connectivity index (χ1n) is 9.67. The van der Waals surface area contributed by atoms with Gasteiger partial charge in [0.25, 0.3) is 5.91 Å². The molecule has 0 spiro atoms. The zero-order valence-corrected chi connectivity index (χ0v) is 17.1. The summed E-state index contributed by atoms with van der Waals surface area (Å²) in [7, 11) is 0. The number of hydrogen-bond acceptors (Lipinski definition) is 7. The molecule has 0 unspecified atom stereocenters. The molecular formula is C21H16F3N7O2. The molecule has 0 saturated carbocycles. The van der Waals surface area contributed by atoms with Gasteiger partial charge in [-0.05, 0) is 43.3 Å². The lowest BCUT2D eigenvalue weighted by molar-refractivity contribution is -0.142. The number of amides is 1. The summed E-state index contributed by atoms with van der Waals surface area (Å²) in [6, 6.07) is 9.77. The molecule has 0 aliphatic rings. The molecule has 4 aromatic rings. The van der Waals surface area contributed by atoms with Gasteiger partial charge in [0.2, 0.25) is 5.88 Å². The predicted molar refractivity (Wildman–Crippen MR) is 111 cm³/mol. The first-order valence-corrected chi connectivity index (χ1v) is 9.67. The summed E-state index contributed by atoms with van der Waals surface area (Å²) in [4.78, 5) is 20.3. The fourth-order valence-electron chi connectivity index (χ4n) is 2.85. The van der Waals surface area contributed by atoms with E-state index in [1.807, 2.05) is 6.92 Å². The van der Waals surface area contributed by atoms with Crippen LogP contribution in [0.5, 0.6) is 5.88 Å². The van der Waals surface area contributed by atoms with Crippen LogP contribution >= 0.6 is 0 Å². The van der Waals surface area contributed by atoms with Crippen molar-refractivity contribution in [3.8, 4) is 23.0 Å². The number of aromatic nitrogens is 6. The van der Waals surface area contributed by atoms with Crippen molar-refractivity contribution in [1.29, 1.82) is 0 Å². The maximum Gasteiger partial charge on any atom is 0.433 e. The molecule has 0 aromatic carbocycles. The predicted octanol–water partition coefficient (Wildman–Crippen LogP) is 3.79. The number of ether oxygens (including phenoxy) is 1. The minimum atomic E-state index is -4.68. The lowest BCUT2D eigenvalue weighted by Crippen LogP contribution is -2.16. The van der Waals surface area contributed by atoms with Gasteiger partial charge in [-0.2, -0.15) is 18.3 Å². The van der Waals surface area contributed by atoms with E-state index in [0.717, 1.165) is 6.07 Å². The number of halogens is 3. The maximum atomic E-state index is 13.6. The monoisotopic (exact) mass is 455 g/mol. The van der Waals surface area contributed by atoms with E-state index in [2.05, 4.69) is 30.6 Å². The summed E-state index contributed by atoms with van der Waals surface area (Å²) in [6.07, 6.45) is -0.427. The molecule has 168 valence electrons. The van der Waals surface area contributed by atoms with Crippen molar-refractivity contribution in [2.75, 3.05) is 11.9 Å². The Hall–Kier alpha value is -4.35. The van der Waals surface area contributed by atoms with E-state index in [4.69, 9.17) is 4.74 Å². The quantitative estimate of drug-likeness (QED) is 0.471. The minimum absolute atomic E-state index is 0.0471. The first-order chi connectivity index (χ1) is 15.8. The Morgan fingerprint density at radius 2 is 1.97 bits per heavy atom. The number of anilines is 1. The molecule has 9 nitrogen and oxygen atoms in total. The molecule has 0 aliphatic heterocycles. The van der Waals surface area contributed by atoms with Gasteiger partial charge in [-0.25, -0.2) is 9.67 Å². The summed E-state index contributed by atoms with van der Waals surface area (Å²) < 4.78 is 46.6. The van der Waals surface area contributed by atoms with Gasteiger partial charge in [-0.15, -0.1) is 10.2 Å². The Morgan fingerprint density at radius 3 is 2.58 bits per heavy atom. The van der Waals surface area contributed by atoms with Crippen LogP contribution in [0.4, 0.5) is 19.0 Å². The highest BCUT2D eigenvalue weighted by atomic mass is 19.4. The smallest absolute Gasteiger partial charge is 0.433 e. The molecule has 0 saturated heterocycles. The van der Waals surface area contributed by atoms with Gasteiger partial charge >= 0.3 is 6.18 Å². The van der Waals surface area contributed by atoms with Crippen LogP contribution in [-0.2, 0) is 6.18 Å². The van der Waals surface area contributed by atoms with Gasteiger partial charge in [0.05, 0.1) is 17.9 Å². The zero-order chi connectivity index (χ0) is 23.4. The third-order valence-corrected chi connectivity index (χ3v) is 4.36. The summed E-state index contributed by atoms with van der Waals surface area (Å²) in [5.74, 6) is -0.255. The highest BCUT2D eigenvalue weighted by Crippen LogP contribution is 2.33. The van der Waals surface area contributed by atoms with Crippen molar-refractivity contribution < 1.29 is 22.7 Å². The molecule has 4 heterocycles. The number of alkyl halides is 3. The summed E-state index contributed by atoms with van der Waals surface area (Å²) in [6.45, 7) is 2.25. The van der Waals surface area contributed by atoms with E-state index in [0.29, 0.717) is 22.7 Å². The lowest BCUT2D eigenvalue weighted by Gasteiger charge is -2.09. The topological polar surface area (TPSA) is 108 Å². The number of rotatable bonds is 6. The molecule has 1 N–H and O–H groups in total. The number of nitrogens with one attached hydrogen (secondary N) is 1. The number of hydrogen-bond donors (Lipinski definition) is 1. The molecule has 0 bridgehead atoms. The van der Waals surface area contributed by atoms with Crippen LogP contribution in [0.3, 0.4) is 0 Å². The van der Waals surface area contributed by atoms with E-state index in [1.54, 1.807) is 18.2 Å². The van der Waals surface area contributed by atoms with Crippen molar-refractivity contribution in [2.45, 2.75) is 13.1 Å². The largest absolute Gasteiger partial charge is 0.478 e. The summed E-state index contributed by atoms with van der Waals surface area (Å²) in [5.41, 5.74) is -0.273. The van der Waals surface area contributed by atoms with Gasteiger partial charge in [0.1, 0.15) is 0 Å². The molecule has 0 atom stereocenters. The Bertz CT molecular complexity index is 1240. The second-order valence-electron chi connectivity index (χ2n) is 6.62. The average Bonchev–Trinajstić information content (AvgIpc) is 3.27. The van der Waals surface area contributed by atoms with Gasteiger partial charge < -0.3 is 10.1 Å². The van der Waals surface area contributed by atoms with E-state index < -0.39 is 17.8 Å². The van der Waals surface area contributed by atoms with E-state index >= 15 is 0 Å². The first kappa shape index (κ1) is 21.9.